The van der Waals surface area contributed by atoms with E-state index in [9.17, 15) is 12.3 Å². The minimum Gasteiger partial charge on any atom is -0.313 e. The van der Waals surface area contributed by atoms with Gasteiger partial charge in [0.1, 0.15) is 5.82 Å². The molecule has 14 heavy (non-hydrogen) atoms. The molecular formula is C7H12FN3O2S. The zero-order chi connectivity index (χ0) is 10.8. The van der Waals surface area contributed by atoms with Crippen molar-refractivity contribution < 1.29 is 12.3 Å². The maximum Gasteiger partial charge on any atom is 0.368 e. The van der Waals surface area contributed by atoms with Gasteiger partial charge in [0.15, 0.2) is 0 Å². The second kappa shape index (κ2) is 4.04. The molecule has 0 amide bonds. The number of aromatic nitrogens is 3. The number of hydrogen-bond acceptors (Lipinski definition) is 4. The summed E-state index contributed by atoms with van der Waals surface area (Å²) in [5.74, 6) is 0.464. The van der Waals surface area contributed by atoms with Crippen molar-refractivity contribution in [2.75, 3.05) is 0 Å². The predicted octanol–water partition coefficient (Wildman–Crippen LogP) is 1.37. The zero-order valence-electron chi connectivity index (χ0n) is 7.99. The van der Waals surface area contributed by atoms with Gasteiger partial charge in [-0.15, -0.1) is 10.2 Å². The molecule has 0 aromatic carbocycles. The summed E-state index contributed by atoms with van der Waals surface area (Å²) in [5.41, 5.74) is 0. The van der Waals surface area contributed by atoms with Gasteiger partial charge in [-0.05, 0) is 6.42 Å². The van der Waals surface area contributed by atoms with E-state index in [1.807, 2.05) is 13.8 Å². The number of H-pyrrole nitrogens is 1. The van der Waals surface area contributed by atoms with Gasteiger partial charge in [0.05, 0.1) is 0 Å². The lowest BCUT2D eigenvalue weighted by Crippen LogP contribution is -1.97. The number of halogens is 1. The first-order valence-electron chi connectivity index (χ1n) is 4.32. The van der Waals surface area contributed by atoms with E-state index in [0.29, 0.717) is 5.82 Å². The summed E-state index contributed by atoms with van der Waals surface area (Å²) in [6.07, 6.45) is 1.79. The molecule has 1 heterocycles. The third-order valence-corrected chi connectivity index (χ3v) is 2.55. The number of aromatic amines is 1. The second-order valence-corrected chi connectivity index (χ2v) is 4.41. The maximum atomic E-state index is 12.4. The van der Waals surface area contributed by atoms with Crippen LogP contribution in [0.15, 0.2) is 5.16 Å². The van der Waals surface area contributed by atoms with Crippen molar-refractivity contribution in [1.29, 1.82) is 0 Å². The van der Waals surface area contributed by atoms with Gasteiger partial charge in [-0.3, -0.25) is 0 Å². The summed E-state index contributed by atoms with van der Waals surface area (Å²) in [5, 5.41) is 6.09. The van der Waals surface area contributed by atoms with Crippen LogP contribution in [0.1, 0.15) is 38.4 Å². The Bertz CT molecular complexity index is 401. The molecule has 1 unspecified atom stereocenters. The van der Waals surface area contributed by atoms with Gasteiger partial charge in [0.2, 0.25) is 0 Å². The first-order chi connectivity index (χ1) is 6.45. The van der Waals surface area contributed by atoms with Crippen molar-refractivity contribution in [2.45, 2.75) is 37.8 Å². The first-order valence-corrected chi connectivity index (χ1v) is 5.70. The number of nitrogens with one attached hydrogen (secondary N) is 1. The average molecular weight is 221 g/mol. The molecule has 0 aliphatic rings. The van der Waals surface area contributed by atoms with Crippen molar-refractivity contribution in [1.82, 2.24) is 15.2 Å². The molecular weight excluding hydrogens is 209 g/mol. The van der Waals surface area contributed by atoms with E-state index in [2.05, 4.69) is 15.2 Å². The van der Waals surface area contributed by atoms with Gasteiger partial charge in [-0.25, -0.2) is 0 Å². The molecule has 0 fully saturated rings. The van der Waals surface area contributed by atoms with Crippen molar-refractivity contribution in [3.63, 3.8) is 0 Å². The van der Waals surface area contributed by atoms with E-state index >= 15 is 0 Å². The lowest BCUT2D eigenvalue weighted by Gasteiger charge is -2.03. The summed E-state index contributed by atoms with van der Waals surface area (Å²) in [7, 11) is -4.76. The highest BCUT2D eigenvalue weighted by Gasteiger charge is 2.19. The normalized spacial score (nSPS) is 14.2. The Morgan fingerprint density at radius 3 is 2.57 bits per heavy atom. The van der Waals surface area contributed by atoms with Crippen LogP contribution in [0, 0.1) is 0 Å². The number of nitrogens with zero attached hydrogens (tertiary/aromatic N) is 2. The molecule has 0 aliphatic heterocycles. The molecule has 1 atom stereocenters. The maximum absolute atomic E-state index is 12.4. The van der Waals surface area contributed by atoms with Crippen molar-refractivity contribution in [3.05, 3.63) is 5.82 Å². The molecule has 0 radical (unpaired) electrons. The zero-order valence-corrected chi connectivity index (χ0v) is 8.81. The Hall–Kier alpha value is -0.980. The van der Waals surface area contributed by atoms with Crippen LogP contribution >= 0.6 is 0 Å². The van der Waals surface area contributed by atoms with Crippen molar-refractivity contribution in [2.24, 2.45) is 0 Å². The lowest BCUT2D eigenvalue weighted by atomic mass is 10.1. The van der Waals surface area contributed by atoms with Crippen LogP contribution in [0.25, 0.3) is 0 Å². The molecule has 1 aromatic heterocycles. The molecule has 0 aliphatic carbocycles. The van der Waals surface area contributed by atoms with E-state index in [0.717, 1.165) is 12.8 Å². The number of hydrogen-bond donors (Lipinski definition) is 1. The average Bonchev–Trinajstić information content (AvgIpc) is 2.51. The van der Waals surface area contributed by atoms with Gasteiger partial charge >= 0.3 is 10.2 Å². The van der Waals surface area contributed by atoms with Gasteiger partial charge in [0, 0.05) is 5.92 Å². The largest absolute Gasteiger partial charge is 0.368 e. The fourth-order valence-electron chi connectivity index (χ4n) is 1.16. The van der Waals surface area contributed by atoms with Gasteiger partial charge in [0.25, 0.3) is 5.16 Å². The van der Waals surface area contributed by atoms with E-state index in [1.54, 1.807) is 0 Å². The quantitative estimate of drug-likeness (QED) is 0.779. The molecule has 0 bridgehead atoms. The van der Waals surface area contributed by atoms with Crippen LogP contribution in [0.4, 0.5) is 3.89 Å². The predicted molar refractivity (Wildman–Crippen MR) is 48.0 cm³/mol. The first kappa shape index (κ1) is 11.1. The van der Waals surface area contributed by atoms with Crippen molar-refractivity contribution >= 4 is 10.2 Å². The summed E-state index contributed by atoms with van der Waals surface area (Å²) in [6.45, 7) is 3.87. The molecule has 5 nitrogen and oxygen atoms in total. The highest BCUT2D eigenvalue weighted by molar-refractivity contribution is 7.86. The van der Waals surface area contributed by atoms with Crippen LogP contribution in [-0.4, -0.2) is 23.6 Å². The SMILES string of the molecule is CCCC(C)c1nnc(S(=O)(=O)F)[nH]1. The fourth-order valence-corrected chi connectivity index (χ4v) is 1.52. The fraction of sp³-hybridized carbons (Fsp3) is 0.714. The van der Waals surface area contributed by atoms with E-state index in [1.165, 1.54) is 0 Å². The van der Waals surface area contributed by atoms with E-state index < -0.39 is 15.4 Å². The summed E-state index contributed by atoms with van der Waals surface area (Å²) < 4.78 is 33.3. The Labute approximate surface area is 82.0 Å². The van der Waals surface area contributed by atoms with E-state index in [4.69, 9.17) is 0 Å². The lowest BCUT2D eigenvalue weighted by molar-refractivity contribution is 0.542. The molecule has 0 spiro atoms. The van der Waals surface area contributed by atoms with Crippen LogP contribution in [-0.2, 0) is 10.2 Å². The topological polar surface area (TPSA) is 75.7 Å². The Balaban J connectivity index is 2.88. The highest BCUT2D eigenvalue weighted by atomic mass is 32.3. The minimum absolute atomic E-state index is 0.0583. The third-order valence-electron chi connectivity index (χ3n) is 1.90. The van der Waals surface area contributed by atoms with Crippen LogP contribution in [0.3, 0.4) is 0 Å². The molecule has 1 aromatic rings. The Morgan fingerprint density at radius 1 is 1.50 bits per heavy atom. The highest BCUT2D eigenvalue weighted by Crippen LogP contribution is 2.17. The Kier molecular flexibility index (Phi) is 3.20. The van der Waals surface area contributed by atoms with Gasteiger partial charge in [-0.2, -0.15) is 8.42 Å². The molecule has 80 valence electrons. The summed E-state index contributed by atoms with van der Waals surface area (Å²) in [6, 6.07) is 0. The van der Waals surface area contributed by atoms with Gasteiger partial charge in [-0.1, -0.05) is 24.2 Å². The van der Waals surface area contributed by atoms with Crippen molar-refractivity contribution in [3.8, 4) is 0 Å². The van der Waals surface area contributed by atoms with Gasteiger partial charge < -0.3 is 4.98 Å². The Morgan fingerprint density at radius 2 is 2.14 bits per heavy atom. The van der Waals surface area contributed by atoms with Crippen LogP contribution in [0.5, 0.6) is 0 Å². The molecule has 1 N–H and O–H groups in total. The monoisotopic (exact) mass is 221 g/mol. The summed E-state index contributed by atoms with van der Waals surface area (Å²) >= 11 is 0. The summed E-state index contributed by atoms with van der Waals surface area (Å²) in [4.78, 5) is 2.35. The molecule has 0 saturated heterocycles. The minimum atomic E-state index is -4.76. The smallest absolute Gasteiger partial charge is 0.313 e. The van der Waals surface area contributed by atoms with E-state index in [-0.39, 0.29) is 5.92 Å². The molecule has 0 saturated carbocycles. The molecule has 7 heteroatoms. The van der Waals surface area contributed by atoms with Crippen LogP contribution in [0.2, 0.25) is 0 Å². The standard InChI is InChI=1S/C7H12FN3O2S/c1-3-4-5(2)6-9-7(11-10-6)14(8,12)13/h5H,3-4H2,1-2H3,(H,9,10,11). The molecule has 1 rings (SSSR count). The number of rotatable bonds is 4. The second-order valence-electron chi connectivity index (χ2n) is 3.14. The van der Waals surface area contributed by atoms with Crippen LogP contribution < -0.4 is 0 Å². The third kappa shape index (κ3) is 2.50.